The Balaban J connectivity index is 3.88. The molecule has 66 valence electrons. The first-order valence-electron chi connectivity index (χ1n) is 3.49. The lowest BCUT2D eigenvalue weighted by Crippen LogP contribution is -2.37. The third-order valence-corrected chi connectivity index (χ3v) is 0.954. The Morgan fingerprint density at radius 3 is 2.27 bits per heavy atom. The first-order valence-corrected chi connectivity index (χ1v) is 3.49. The van der Waals surface area contributed by atoms with E-state index in [9.17, 15) is 4.79 Å². The Hall–Kier alpha value is -0.610. The lowest BCUT2D eigenvalue weighted by Gasteiger charge is -2.21. The topological polar surface area (TPSA) is 58.6 Å². The van der Waals surface area contributed by atoms with Gasteiger partial charge in [0.15, 0.2) is 0 Å². The van der Waals surface area contributed by atoms with Crippen LogP contribution in [-0.2, 0) is 9.53 Å². The fourth-order valence-electron chi connectivity index (χ4n) is 0.443. The van der Waals surface area contributed by atoms with Crippen molar-refractivity contribution in [2.24, 2.45) is 0 Å². The van der Waals surface area contributed by atoms with E-state index in [1.54, 1.807) is 20.8 Å². The first-order chi connectivity index (χ1) is 4.87. The average Bonchev–Trinajstić information content (AvgIpc) is 1.82. The predicted octanol–water partition coefficient (Wildman–Crippen LogP) is 0.695. The number of carbonyl (C=O) groups excluding carboxylic acids is 1. The van der Waals surface area contributed by atoms with E-state index >= 15 is 0 Å². The maximum absolute atomic E-state index is 10.9. The Morgan fingerprint density at radius 2 is 2.00 bits per heavy atom. The van der Waals surface area contributed by atoms with E-state index in [0.717, 1.165) is 0 Å². The highest BCUT2D eigenvalue weighted by molar-refractivity contribution is 5.75. The molecule has 0 aromatic carbocycles. The molecule has 0 heterocycles. The molecule has 0 radical (unpaired) electrons. The van der Waals surface area contributed by atoms with E-state index in [1.165, 1.54) is 6.92 Å². The molecule has 0 rings (SSSR count). The summed E-state index contributed by atoms with van der Waals surface area (Å²) in [6.45, 7) is 6.84. The van der Waals surface area contributed by atoms with Crippen LogP contribution in [0.4, 0.5) is 0 Å². The Kier molecular flexibility index (Phi) is 3.48. The van der Waals surface area contributed by atoms with Gasteiger partial charge >= 0.3 is 5.97 Å². The number of rotatable bonds is 2. The van der Waals surface area contributed by atoms with Crippen molar-refractivity contribution in [3.8, 4) is 0 Å². The molecule has 0 saturated heterocycles. The third-order valence-electron chi connectivity index (χ3n) is 0.954. The van der Waals surface area contributed by atoms with Crippen molar-refractivity contribution in [1.82, 2.24) is 5.48 Å². The van der Waals surface area contributed by atoms with E-state index in [2.05, 4.69) is 0 Å². The monoisotopic (exact) mass is 161 g/mol. The molecule has 1 atom stereocenters. The van der Waals surface area contributed by atoms with Crippen LogP contribution in [0.15, 0.2) is 0 Å². The second-order valence-electron chi connectivity index (χ2n) is 3.38. The summed E-state index contributed by atoms with van der Waals surface area (Å²) in [5.41, 5.74) is 1.31. The molecule has 11 heavy (non-hydrogen) atoms. The highest BCUT2D eigenvalue weighted by Gasteiger charge is 2.20. The summed E-state index contributed by atoms with van der Waals surface area (Å²) >= 11 is 0. The van der Waals surface area contributed by atoms with E-state index in [4.69, 9.17) is 9.94 Å². The van der Waals surface area contributed by atoms with Crippen molar-refractivity contribution in [3.63, 3.8) is 0 Å². The molecule has 0 bridgehead atoms. The van der Waals surface area contributed by atoms with Gasteiger partial charge in [0.1, 0.15) is 11.6 Å². The van der Waals surface area contributed by atoms with Crippen LogP contribution in [0, 0.1) is 0 Å². The van der Waals surface area contributed by atoms with Crippen LogP contribution < -0.4 is 5.48 Å². The van der Waals surface area contributed by atoms with Crippen molar-refractivity contribution in [1.29, 1.82) is 0 Å². The summed E-state index contributed by atoms with van der Waals surface area (Å²) in [7, 11) is 0. The maximum Gasteiger partial charge on any atom is 0.325 e. The molecule has 0 amide bonds. The molecule has 4 nitrogen and oxygen atoms in total. The molecule has 2 N–H and O–H groups in total. The molecular weight excluding hydrogens is 146 g/mol. The fraction of sp³-hybridized carbons (Fsp3) is 0.857. The van der Waals surface area contributed by atoms with Gasteiger partial charge in [-0.15, -0.1) is 0 Å². The summed E-state index contributed by atoms with van der Waals surface area (Å²) < 4.78 is 4.93. The number of ether oxygens (including phenoxy) is 1. The Morgan fingerprint density at radius 1 is 1.55 bits per heavy atom. The number of hydroxylamine groups is 1. The van der Waals surface area contributed by atoms with Gasteiger partial charge in [-0.05, 0) is 27.7 Å². The molecule has 4 heteroatoms. The molecule has 0 aliphatic rings. The first kappa shape index (κ1) is 10.4. The van der Waals surface area contributed by atoms with Crippen LogP contribution in [-0.4, -0.2) is 22.8 Å². The van der Waals surface area contributed by atoms with E-state index in [1.807, 2.05) is 5.48 Å². The molecule has 0 aromatic rings. The second-order valence-corrected chi connectivity index (χ2v) is 3.38. The van der Waals surface area contributed by atoms with Crippen molar-refractivity contribution in [2.75, 3.05) is 0 Å². The van der Waals surface area contributed by atoms with Gasteiger partial charge in [-0.1, -0.05) is 0 Å². The molecule has 0 spiro atoms. The zero-order chi connectivity index (χ0) is 9.07. The van der Waals surface area contributed by atoms with Crippen molar-refractivity contribution < 1.29 is 14.7 Å². The lowest BCUT2D eigenvalue weighted by atomic mass is 10.2. The summed E-state index contributed by atoms with van der Waals surface area (Å²) in [4.78, 5) is 10.9. The lowest BCUT2D eigenvalue weighted by molar-refractivity contribution is -0.159. The molecule has 0 aliphatic heterocycles. The minimum Gasteiger partial charge on any atom is -0.459 e. The predicted molar refractivity (Wildman–Crippen MR) is 40.2 cm³/mol. The molecule has 0 aromatic heterocycles. The van der Waals surface area contributed by atoms with Gasteiger partial charge in [-0.25, -0.2) is 0 Å². The highest BCUT2D eigenvalue weighted by atomic mass is 16.6. The number of carbonyl (C=O) groups is 1. The van der Waals surface area contributed by atoms with Gasteiger partial charge in [-0.2, -0.15) is 5.48 Å². The standard InChI is InChI=1S/C7H15NO3/c1-5(8-10)6(9)11-7(2,3)4/h5,8,10H,1-4H3/t5-/m1/s1. The summed E-state index contributed by atoms with van der Waals surface area (Å²) in [5.74, 6) is -0.458. The minimum absolute atomic E-state index is 0.458. The zero-order valence-corrected chi connectivity index (χ0v) is 7.34. The number of nitrogens with one attached hydrogen (secondary N) is 1. The average molecular weight is 161 g/mol. The molecular formula is C7H15NO3. The zero-order valence-electron chi connectivity index (χ0n) is 7.34. The van der Waals surface area contributed by atoms with E-state index in [0.29, 0.717) is 0 Å². The highest BCUT2D eigenvalue weighted by Crippen LogP contribution is 2.07. The minimum atomic E-state index is -0.672. The van der Waals surface area contributed by atoms with Gasteiger partial charge in [0.2, 0.25) is 0 Å². The van der Waals surface area contributed by atoms with Crippen LogP contribution in [0.2, 0.25) is 0 Å². The van der Waals surface area contributed by atoms with Gasteiger partial charge in [-0.3, -0.25) is 4.79 Å². The van der Waals surface area contributed by atoms with Gasteiger partial charge < -0.3 is 9.94 Å². The van der Waals surface area contributed by atoms with Crippen molar-refractivity contribution in [3.05, 3.63) is 0 Å². The normalized spacial score (nSPS) is 14.3. The summed E-state index contributed by atoms with van der Waals surface area (Å²) in [6.07, 6.45) is 0. The third kappa shape index (κ3) is 4.75. The molecule has 0 aliphatic carbocycles. The Bertz CT molecular complexity index is 139. The smallest absolute Gasteiger partial charge is 0.325 e. The summed E-state index contributed by atoms with van der Waals surface area (Å²) in [5, 5.41) is 8.35. The Labute approximate surface area is 66.5 Å². The van der Waals surface area contributed by atoms with Crippen molar-refractivity contribution >= 4 is 5.97 Å². The van der Waals surface area contributed by atoms with Crippen LogP contribution in [0.25, 0.3) is 0 Å². The van der Waals surface area contributed by atoms with E-state index in [-0.39, 0.29) is 0 Å². The van der Waals surface area contributed by atoms with Gasteiger partial charge in [0.25, 0.3) is 0 Å². The van der Waals surface area contributed by atoms with Crippen LogP contribution in [0.3, 0.4) is 0 Å². The van der Waals surface area contributed by atoms with Gasteiger partial charge in [0.05, 0.1) is 0 Å². The van der Waals surface area contributed by atoms with Crippen LogP contribution in [0.1, 0.15) is 27.7 Å². The molecule has 0 unspecified atom stereocenters. The molecule has 0 fully saturated rings. The number of hydrogen-bond acceptors (Lipinski definition) is 4. The number of hydrogen-bond donors (Lipinski definition) is 2. The SMILES string of the molecule is C[C@@H](NO)C(=O)OC(C)(C)C. The van der Waals surface area contributed by atoms with Gasteiger partial charge in [0, 0.05) is 0 Å². The quantitative estimate of drug-likeness (QED) is 0.462. The largest absolute Gasteiger partial charge is 0.459 e. The van der Waals surface area contributed by atoms with Crippen LogP contribution in [0.5, 0.6) is 0 Å². The maximum atomic E-state index is 10.9. The number of esters is 1. The van der Waals surface area contributed by atoms with E-state index < -0.39 is 17.6 Å². The van der Waals surface area contributed by atoms with Crippen molar-refractivity contribution in [2.45, 2.75) is 39.3 Å². The van der Waals surface area contributed by atoms with Crippen LogP contribution >= 0.6 is 0 Å². The second kappa shape index (κ2) is 3.69. The molecule has 0 saturated carbocycles. The summed E-state index contributed by atoms with van der Waals surface area (Å²) in [6, 6.07) is -0.672. The fourth-order valence-corrected chi connectivity index (χ4v) is 0.443.